The Balaban J connectivity index is 1.62. The summed E-state index contributed by atoms with van der Waals surface area (Å²) in [6.45, 7) is 7.65. The van der Waals surface area contributed by atoms with E-state index in [1.807, 2.05) is 38.1 Å². The maximum absolute atomic E-state index is 15.5. The fraction of sp³-hybridized carbons (Fsp3) is 0.333. The molecule has 1 heterocycles. The van der Waals surface area contributed by atoms with Gasteiger partial charge in [-0.1, -0.05) is 30.3 Å². The summed E-state index contributed by atoms with van der Waals surface area (Å²) >= 11 is 0. The second-order valence-electron chi connectivity index (χ2n) is 11.7. The molecule has 11 nitrogen and oxygen atoms in total. The van der Waals surface area contributed by atoms with E-state index in [1.54, 1.807) is 32.0 Å². The first kappa shape index (κ1) is 33.1. The molecule has 0 aromatic heterocycles. The second kappa shape index (κ2) is 13.0. The SMILES string of the molecule is COc1cc(-c2cccc(-c3cccc(NC(=O)C4NN(C)C(=O)N(C)C4=O)c3C)c2C)cc(F)c1CNCC(C)(C)C(N)=O. The molecule has 0 bridgehead atoms. The van der Waals surface area contributed by atoms with E-state index in [2.05, 4.69) is 16.1 Å². The number of likely N-dealkylation sites (N-methyl/N-ethyl adjacent to an activating group) is 1. The van der Waals surface area contributed by atoms with Crippen molar-refractivity contribution in [1.29, 1.82) is 0 Å². The smallest absolute Gasteiger partial charge is 0.340 e. The number of urea groups is 1. The number of carbonyl (C=O) groups is 4. The normalized spacial score (nSPS) is 15.3. The predicted molar refractivity (Wildman–Crippen MR) is 169 cm³/mol. The number of carbonyl (C=O) groups excluding carboxylic acids is 4. The number of hydrogen-bond donors (Lipinski definition) is 4. The Bertz CT molecular complexity index is 1670. The molecule has 238 valence electrons. The average molecular weight is 619 g/mol. The molecule has 1 aliphatic heterocycles. The highest BCUT2D eigenvalue weighted by molar-refractivity contribution is 6.15. The Kier molecular flexibility index (Phi) is 9.59. The van der Waals surface area contributed by atoms with Crippen molar-refractivity contribution in [3.8, 4) is 28.0 Å². The van der Waals surface area contributed by atoms with Crippen LogP contribution in [-0.2, 0) is 20.9 Å². The topological polar surface area (TPSA) is 146 Å². The molecule has 0 aliphatic carbocycles. The number of imide groups is 1. The van der Waals surface area contributed by atoms with E-state index < -0.39 is 41.0 Å². The first-order valence-electron chi connectivity index (χ1n) is 14.4. The Morgan fingerprint density at radius 1 is 1.02 bits per heavy atom. The van der Waals surface area contributed by atoms with Gasteiger partial charge in [0.15, 0.2) is 6.04 Å². The number of hydrogen-bond acceptors (Lipinski definition) is 7. The first-order valence-corrected chi connectivity index (χ1v) is 14.4. The zero-order valence-electron chi connectivity index (χ0n) is 26.5. The lowest BCUT2D eigenvalue weighted by molar-refractivity contribution is -0.139. The van der Waals surface area contributed by atoms with Crippen molar-refractivity contribution in [3.05, 3.63) is 71.0 Å². The lowest BCUT2D eigenvalue weighted by Gasteiger charge is -2.34. The monoisotopic (exact) mass is 618 g/mol. The third-order valence-corrected chi connectivity index (χ3v) is 8.17. The number of halogens is 1. The number of hydrazine groups is 1. The summed E-state index contributed by atoms with van der Waals surface area (Å²) in [4.78, 5) is 50.3. The zero-order chi connectivity index (χ0) is 33.2. The Morgan fingerprint density at radius 2 is 1.64 bits per heavy atom. The summed E-state index contributed by atoms with van der Waals surface area (Å²) in [5.74, 6) is -1.81. The van der Waals surface area contributed by atoms with E-state index in [-0.39, 0.29) is 13.1 Å². The number of nitrogens with two attached hydrogens (primary N) is 1. The van der Waals surface area contributed by atoms with Gasteiger partial charge in [-0.05, 0) is 79.3 Å². The van der Waals surface area contributed by atoms with Gasteiger partial charge < -0.3 is 21.1 Å². The summed E-state index contributed by atoms with van der Waals surface area (Å²) < 4.78 is 21.1. The van der Waals surface area contributed by atoms with Crippen LogP contribution in [0.3, 0.4) is 0 Å². The van der Waals surface area contributed by atoms with Gasteiger partial charge in [0.05, 0.1) is 12.5 Å². The third kappa shape index (κ3) is 6.66. The van der Waals surface area contributed by atoms with Gasteiger partial charge >= 0.3 is 6.03 Å². The van der Waals surface area contributed by atoms with Crippen molar-refractivity contribution < 1.29 is 28.3 Å². The molecule has 0 spiro atoms. The number of nitrogens with one attached hydrogen (secondary N) is 3. The van der Waals surface area contributed by atoms with Crippen molar-refractivity contribution in [1.82, 2.24) is 20.7 Å². The van der Waals surface area contributed by atoms with E-state index in [1.165, 1.54) is 27.3 Å². The lowest BCUT2D eigenvalue weighted by Crippen LogP contribution is -2.66. The minimum absolute atomic E-state index is 0.146. The van der Waals surface area contributed by atoms with Crippen molar-refractivity contribution >= 4 is 29.4 Å². The predicted octanol–water partition coefficient (Wildman–Crippen LogP) is 3.72. The number of anilines is 1. The zero-order valence-corrected chi connectivity index (χ0v) is 26.5. The highest BCUT2D eigenvalue weighted by atomic mass is 19.1. The number of methoxy groups -OCH3 is 1. The van der Waals surface area contributed by atoms with Crippen LogP contribution in [0.2, 0.25) is 0 Å². The molecule has 1 unspecified atom stereocenters. The van der Waals surface area contributed by atoms with E-state index >= 15 is 4.39 Å². The van der Waals surface area contributed by atoms with Gasteiger partial charge in [0.2, 0.25) is 5.91 Å². The van der Waals surface area contributed by atoms with Gasteiger partial charge in [-0.15, -0.1) is 0 Å². The molecule has 12 heteroatoms. The summed E-state index contributed by atoms with van der Waals surface area (Å²) in [7, 11) is 4.24. The van der Waals surface area contributed by atoms with Crippen LogP contribution >= 0.6 is 0 Å². The van der Waals surface area contributed by atoms with E-state index in [0.717, 1.165) is 37.7 Å². The van der Waals surface area contributed by atoms with E-state index in [9.17, 15) is 19.2 Å². The third-order valence-electron chi connectivity index (χ3n) is 8.17. The van der Waals surface area contributed by atoms with Gasteiger partial charge in [-0.2, -0.15) is 0 Å². The van der Waals surface area contributed by atoms with Crippen LogP contribution in [0.1, 0.15) is 30.5 Å². The number of nitrogens with zero attached hydrogens (tertiary/aromatic N) is 2. The van der Waals surface area contributed by atoms with Crippen molar-refractivity contribution in [2.45, 2.75) is 40.3 Å². The quantitative estimate of drug-likeness (QED) is 0.253. The molecule has 1 saturated heterocycles. The van der Waals surface area contributed by atoms with Gasteiger partial charge in [0.25, 0.3) is 11.8 Å². The summed E-state index contributed by atoms with van der Waals surface area (Å²) in [6, 6.07) is 12.6. The maximum atomic E-state index is 15.5. The number of benzene rings is 3. The lowest BCUT2D eigenvalue weighted by atomic mass is 9.90. The van der Waals surface area contributed by atoms with Gasteiger partial charge in [0.1, 0.15) is 11.6 Å². The summed E-state index contributed by atoms with van der Waals surface area (Å²) in [5.41, 5.74) is 12.9. The molecule has 5 amide bonds. The van der Waals surface area contributed by atoms with Gasteiger partial charge in [-0.25, -0.2) is 14.6 Å². The van der Waals surface area contributed by atoms with E-state index in [0.29, 0.717) is 22.6 Å². The second-order valence-corrected chi connectivity index (χ2v) is 11.7. The first-order chi connectivity index (χ1) is 21.2. The van der Waals surface area contributed by atoms with Crippen molar-refractivity contribution in [2.75, 3.05) is 33.1 Å². The number of rotatable bonds is 10. The average Bonchev–Trinajstić information content (AvgIpc) is 2.99. The molecule has 1 fully saturated rings. The summed E-state index contributed by atoms with van der Waals surface area (Å²) in [6.07, 6.45) is 0. The molecule has 3 aromatic carbocycles. The van der Waals surface area contributed by atoms with Gasteiger partial charge in [-0.3, -0.25) is 24.3 Å². The van der Waals surface area contributed by atoms with Crippen LogP contribution in [-0.4, -0.2) is 67.5 Å². The van der Waals surface area contributed by atoms with Crippen LogP contribution in [0.15, 0.2) is 48.5 Å². The standard InChI is InChI=1S/C33H39FN6O5/c1-18-21(20-14-25(34)24(27(15-20)45-7)16-36-17-33(3,4)31(35)43)10-8-11-22(18)23-12-9-13-26(19(23)2)37-29(41)28-30(42)39(5)32(44)40(6)38-28/h8-15,28,36,38H,16-17H2,1-7H3,(H2,35,43)(H,37,41). The Morgan fingerprint density at radius 3 is 2.29 bits per heavy atom. The fourth-order valence-corrected chi connectivity index (χ4v) is 5.20. The highest BCUT2D eigenvalue weighted by Gasteiger charge is 2.39. The van der Waals surface area contributed by atoms with Crippen LogP contribution in [0.25, 0.3) is 22.3 Å². The summed E-state index contributed by atoms with van der Waals surface area (Å²) in [5, 5.41) is 7.01. The Hall–Kier alpha value is -4.81. The van der Waals surface area contributed by atoms with Crippen LogP contribution < -0.4 is 26.5 Å². The molecule has 3 aromatic rings. The molecule has 1 aliphatic rings. The number of primary amides is 1. The molecule has 4 rings (SSSR count). The largest absolute Gasteiger partial charge is 0.496 e. The molecule has 5 N–H and O–H groups in total. The fourth-order valence-electron chi connectivity index (χ4n) is 5.20. The molecular formula is C33H39FN6O5. The molecule has 45 heavy (non-hydrogen) atoms. The van der Waals surface area contributed by atoms with Gasteiger partial charge in [0, 0.05) is 38.4 Å². The van der Waals surface area contributed by atoms with Crippen LogP contribution in [0, 0.1) is 25.1 Å². The van der Waals surface area contributed by atoms with E-state index in [4.69, 9.17) is 10.5 Å². The number of amides is 5. The van der Waals surface area contributed by atoms with Crippen molar-refractivity contribution in [2.24, 2.45) is 11.1 Å². The molecule has 0 radical (unpaired) electrons. The molecular weight excluding hydrogens is 579 g/mol. The maximum Gasteiger partial charge on any atom is 0.340 e. The highest BCUT2D eigenvalue weighted by Crippen LogP contribution is 2.37. The molecule has 1 atom stereocenters. The molecule has 0 saturated carbocycles. The Labute approximate surface area is 261 Å². The minimum Gasteiger partial charge on any atom is -0.496 e. The number of ether oxygens (including phenoxy) is 1. The minimum atomic E-state index is -1.27. The van der Waals surface area contributed by atoms with Crippen LogP contribution in [0.5, 0.6) is 5.75 Å². The van der Waals surface area contributed by atoms with Crippen LogP contribution in [0.4, 0.5) is 14.9 Å². The van der Waals surface area contributed by atoms with Crippen molar-refractivity contribution in [3.63, 3.8) is 0 Å².